The average Bonchev–Trinajstić information content (AvgIpc) is 2.65. The minimum atomic E-state index is -0.601. The summed E-state index contributed by atoms with van der Waals surface area (Å²) in [6.07, 6.45) is 3.42. The smallest absolute Gasteiger partial charge is 0.300 e. The third kappa shape index (κ3) is 3.77. The van der Waals surface area contributed by atoms with E-state index in [1.807, 2.05) is 42.5 Å². The fourth-order valence-electron chi connectivity index (χ4n) is 2.96. The maximum absolute atomic E-state index is 11.4. The second-order valence-electron chi connectivity index (χ2n) is 6.26. The van der Waals surface area contributed by atoms with Crippen LogP contribution in [-0.4, -0.2) is 23.9 Å². The van der Waals surface area contributed by atoms with E-state index in [1.165, 1.54) is 17.0 Å². The van der Waals surface area contributed by atoms with Crippen molar-refractivity contribution in [3.05, 3.63) is 86.0 Å². The molecule has 0 spiro atoms. The van der Waals surface area contributed by atoms with E-state index in [0.717, 1.165) is 16.3 Å². The Hall–Kier alpha value is -3.74. The monoisotopic (exact) mass is 363 g/mol. The van der Waals surface area contributed by atoms with Crippen molar-refractivity contribution >= 4 is 40.0 Å². The molecule has 0 fully saturated rings. The fourth-order valence-corrected chi connectivity index (χ4v) is 2.96. The van der Waals surface area contributed by atoms with Crippen molar-refractivity contribution < 1.29 is 9.85 Å². The molecule has 0 unspecified atom stereocenters. The van der Waals surface area contributed by atoms with Gasteiger partial charge in [0.25, 0.3) is 11.4 Å². The Labute approximate surface area is 155 Å². The van der Waals surface area contributed by atoms with E-state index in [0.29, 0.717) is 5.56 Å². The van der Waals surface area contributed by atoms with Crippen LogP contribution in [0.3, 0.4) is 0 Å². The first-order valence-electron chi connectivity index (χ1n) is 8.18. The quantitative estimate of drug-likeness (QED) is 0.366. The predicted octanol–water partition coefficient (Wildman–Crippen LogP) is 4.89. The lowest BCUT2D eigenvalue weighted by Crippen LogP contribution is -2.13. The summed E-state index contributed by atoms with van der Waals surface area (Å²) in [5, 5.41) is 25.0. The average molecular weight is 363 g/mol. The summed E-state index contributed by atoms with van der Waals surface area (Å²) in [5.74, 6) is 0. The number of benzene rings is 3. The summed E-state index contributed by atoms with van der Waals surface area (Å²) in [4.78, 5) is 23.0. The second-order valence-corrected chi connectivity index (χ2v) is 6.26. The third-order valence-corrected chi connectivity index (χ3v) is 4.17. The molecule has 7 nitrogen and oxygen atoms in total. The lowest BCUT2D eigenvalue weighted by molar-refractivity contribution is -0.392. The molecule has 3 aromatic rings. The summed E-state index contributed by atoms with van der Waals surface area (Å²) >= 11 is 0. The van der Waals surface area contributed by atoms with Crippen LogP contribution in [0.15, 0.2) is 54.6 Å². The van der Waals surface area contributed by atoms with Gasteiger partial charge in [-0.05, 0) is 28.0 Å². The second kappa shape index (κ2) is 7.25. The van der Waals surface area contributed by atoms with Gasteiger partial charge in [0.05, 0.1) is 9.85 Å². The number of anilines is 1. The number of hydrogen-bond acceptors (Lipinski definition) is 5. The van der Waals surface area contributed by atoms with Crippen molar-refractivity contribution in [1.29, 1.82) is 0 Å². The van der Waals surface area contributed by atoms with E-state index in [9.17, 15) is 20.2 Å². The van der Waals surface area contributed by atoms with Crippen LogP contribution in [0.4, 0.5) is 17.1 Å². The molecule has 0 aromatic heterocycles. The molecular formula is C20H17N3O4. The molecule has 0 atom stereocenters. The molecule has 0 saturated heterocycles. The van der Waals surface area contributed by atoms with Gasteiger partial charge in [0.1, 0.15) is 0 Å². The Balaban J connectivity index is 2.06. The van der Waals surface area contributed by atoms with Crippen molar-refractivity contribution in [3.63, 3.8) is 0 Å². The van der Waals surface area contributed by atoms with Crippen LogP contribution in [-0.2, 0) is 0 Å². The van der Waals surface area contributed by atoms with Crippen LogP contribution in [0, 0.1) is 20.2 Å². The highest BCUT2D eigenvalue weighted by Crippen LogP contribution is 2.38. The maximum Gasteiger partial charge on any atom is 0.300 e. The molecule has 0 aliphatic carbocycles. The molecule has 0 N–H and O–H groups in total. The van der Waals surface area contributed by atoms with Gasteiger partial charge >= 0.3 is 0 Å². The highest BCUT2D eigenvalue weighted by Gasteiger charge is 2.27. The minimum Gasteiger partial charge on any atom is -0.366 e. The first-order chi connectivity index (χ1) is 12.9. The summed E-state index contributed by atoms with van der Waals surface area (Å²) in [5.41, 5.74) is 0.676. The van der Waals surface area contributed by atoms with Gasteiger partial charge in [0.2, 0.25) is 0 Å². The van der Waals surface area contributed by atoms with E-state index in [2.05, 4.69) is 0 Å². The summed E-state index contributed by atoms with van der Waals surface area (Å²) in [6, 6.07) is 16.5. The lowest BCUT2D eigenvalue weighted by Gasteiger charge is -2.13. The van der Waals surface area contributed by atoms with Crippen molar-refractivity contribution in [2.45, 2.75) is 0 Å². The van der Waals surface area contributed by atoms with Crippen molar-refractivity contribution in [3.8, 4) is 0 Å². The molecule has 0 amide bonds. The highest BCUT2D eigenvalue weighted by molar-refractivity contribution is 5.87. The Morgan fingerprint density at radius 3 is 1.89 bits per heavy atom. The molecule has 3 aromatic carbocycles. The van der Waals surface area contributed by atoms with Crippen LogP contribution in [0.25, 0.3) is 22.9 Å². The lowest BCUT2D eigenvalue weighted by atomic mass is 10.1. The Kier molecular flexibility index (Phi) is 4.85. The third-order valence-electron chi connectivity index (χ3n) is 4.17. The van der Waals surface area contributed by atoms with E-state index >= 15 is 0 Å². The normalized spacial score (nSPS) is 11.0. The first kappa shape index (κ1) is 18.1. The van der Waals surface area contributed by atoms with Crippen LogP contribution in [0.5, 0.6) is 0 Å². The molecule has 0 saturated carbocycles. The molecular weight excluding hydrogens is 346 g/mol. The van der Waals surface area contributed by atoms with Crippen LogP contribution >= 0.6 is 0 Å². The van der Waals surface area contributed by atoms with Gasteiger partial charge in [-0.3, -0.25) is 20.2 Å². The van der Waals surface area contributed by atoms with Gasteiger partial charge < -0.3 is 4.90 Å². The number of hydrogen-bond donors (Lipinski definition) is 0. The first-order valence-corrected chi connectivity index (χ1v) is 8.18. The van der Waals surface area contributed by atoms with Gasteiger partial charge in [0, 0.05) is 26.2 Å². The minimum absolute atomic E-state index is 0.0205. The number of nitro groups is 2. The number of nitrogens with zero attached hydrogens (tertiary/aromatic N) is 3. The Morgan fingerprint density at radius 2 is 1.33 bits per heavy atom. The SMILES string of the molecule is CN(C)c1c([N+](=O)[O-])cc(/C=C/c2ccc3ccccc3c2)cc1[N+](=O)[O-]. The van der Waals surface area contributed by atoms with E-state index in [-0.39, 0.29) is 17.1 Å². The predicted molar refractivity (Wildman–Crippen MR) is 107 cm³/mol. The Bertz CT molecular complexity index is 1040. The standard InChI is InChI=1S/C20H17N3O4/c1-21(2)20-18(22(24)25)12-15(13-19(20)23(26)27)8-7-14-9-10-16-5-3-4-6-17(16)11-14/h3-13H,1-2H3/b8-7+. The fraction of sp³-hybridized carbons (Fsp3) is 0.100. The molecule has 136 valence electrons. The maximum atomic E-state index is 11.4. The summed E-state index contributed by atoms with van der Waals surface area (Å²) in [7, 11) is 3.08. The molecule has 0 radical (unpaired) electrons. The molecule has 27 heavy (non-hydrogen) atoms. The van der Waals surface area contributed by atoms with E-state index < -0.39 is 9.85 Å². The largest absolute Gasteiger partial charge is 0.366 e. The van der Waals surface area contributed by atoms with Gasteiger partial charge in [-0.15, -0.1) is 0 Å². The van der Waals surface area contributed by atoms with Crippen LogP contribution < -0.4 is 4.90 Å². The molecule has 0 aliphatic heterocycles. The molecule has 0 heterocycles. The van der Waals surface area contributed by atoms with Crippen LogP contribution in [0.1, 0.15) is 11.1 Å². The van der Waals surface area contributed by atoms with Gasteiger partial charge in [-0.1, -0.05) is 48.6 Å². The molecule has 0 bridgehead atoms. The topological polar surface area (TPSA) is 89.5 Å². The zero-order valence-electron chi connectivity index (χ0n) is 14.8. The zero-order valence-corrected chi connectivity index (χ0v) is 14.8. The van der Waals surface area contributed by atoms with E-state index in [4.69, 9.17) is 0 Å². The van der Waals surface area contributed by atoms with Crippen LogP contribution in [0.2, 0.25) is 0 Å². The molecule has 7 heteroatoms. The van der Waals surface area contributed by atoms with Gasteiger partial charge in [-0.2, -0.15) is 0 Å². The van der Waals surface area contributed by atoms with Gasteiger partial charge in [-0.25, -0.2) is 0 Å². The van der Waals surface area contributed by atoms with Gasteiger partial charge in [0.15, 0.2) is 5.69 Å². The highest BCUT2D eigenvalue weighted by atomic mass is 16.6. The Morgan fingerprint density at radius 1 is 0.778 bits per heavy atom. The number of rotatable bonds is 5. The number of nitro benzene ring substituents is 2. The van der Waals surface area contributed by atoms with Crippen molar-refractivity contribution in [1.82, 2.24) is 0 Å². The molecule has 0 aliphatic rings. The summed E-state index contributed by atoms with van der Waals surface area (Å²) in [6.45, 7) is 0. The molecule has 3 rings (SSSR count). The summed E-state index contributed by atoms with van der Waals surface area (Å²) < 4.78 is 0. The number of fused-ring (bicyclic) bond motifs is 1. The van der Waals surface area contributed by atoms with Crippen molar-refractivity contribution in [2.75, 3.05) is 19.0 Å². The van der Waals surface area contributed by atoms with Crippen molar-refractivity contribution in [2.24, 2.45) is 0 Å². The van der Waals surface area contributed by atoms with E-state index in [1.54, 1.807) is 26.2 Å². The zero-order chi connectivity index (χ0) is 19.6.